The van der Waals surface area contributed by atoms with Crippen LogP contribution in [0.2, 0.25) is 0 Å². The van der Waals surface area contributed by atoms with Gasteiger partial charge < -0.3 is 39.8 Å². The van der Waals surface area contributed by atoms with E-state index in [1.54, 1.807) is 32.0 Å². The van der Waals surface area contributed by atoms with Crippen molar-refractivity contribution in [3.63, 3.8) is 0 Å². The third-order valence-electron chi connectivity index (χ3n) is 6.46. The maximum absolute atomic E-state index is 16.0. The molecule has 0 saturated carbocycles. The van der Waals surface area contributed by atoms with Crippen molar-refractivity contribution in [1.82, 2.24) is 9.88 Å². The summed E-state index contributed by atoms with van der Waals surface area (Å²) < 4.78 is 48.6. The number of nitrogen functional groups attached to an aromatic ring is 1. The summed E-state index contributed by atoms with van der Waals surface area (Å²) >= 11 is 0. The molecular formula is C28H32F2N6O5. The number of halogens is 2. The van der Waals surface area contributed by atoms with Gasteiger partial charge in [0, 0.05) is 57.1 Å². The molecule has 2 heterocycles. The third-order valence-corrected chi connectivity index (χ3v) is 6.46. The normalized spacial score (nSPS) is 14.9. The van der Waals surface area contributed by atoms with Crippen LogP contribution in [0.4, 0.5) is 25.0 Å². The Morgan fingerprint density at radius 1 is 1.15 bits per heavy atom. The lowest BCUT2D eigenvalue weighted by Crippen LogP contribution is -2.54. The predicted molar refractivity (Wildman–Crippen MR) is 150 cm³/mol. The van der Waals surface area contributed by atoms with Crippen molar-refractivity contribution in [2.45, 2.75) is 19.9 Å². The average Bonchev–Trinajstić information content (AvgIpc) is 2.93. The van der Waals surface area contributed by atoms with Crippen LogP contribution in [0.15, 0.2) is 42.5 Å². The molecule has 1 fully saturated rings. The number of aromatic nitrogens is 1. The van der Waals surface area contributed by atoms with Crippen LogP contribution in [0.1, 0.15) is 19.4 Å². The van der Waals surface area contributed by atoms with Gasteiger partial charge >= 0.3 is 6.09 Å². The minimum Gasteiger partial charge on any atom is -0.504 e. The first-order chi connectivity index (χ1) is 19.5. The molecule has 4 rings (SSSR count). The SMILES string of the molecule is CCOC(=O)N1CCN(c2c(F)c(Oc3cccc(N(C)C)c3)nc(Oc3cc(C(=N)N)ccc3O)c2F)C(C)C1. The van der Waals surface area contributed by atoms with Gasteiger partial charge in [0.25, 0.3) is 11.8 Å². The van der Waals surface area contributed by atoms with Crippen LogP contribution in [-0.2, 0) is 4.74 Å². The molecule has 0 radical (unpaired) electrons. The molecule has 1 amide bonds. The van der Waals surface area contributed by atoms with Crippen molar-refractivity contribution in [3.05, 3.63) is 59.7 Å². The summed E-state index contributed by atoms with van der Waals surface area (Å²) in [6.07, 6.45) is -0.510. The minimum absolute atomic E-state index is 0.0813. The van der Waals surface area contributed by atoms with E-state index in [1.807, 2.05) is 25.1 Å². The summed E-state index contributed by atoms with van der Waals surface area (Å²) in [6.45, 7) is 4.00. The van der Waals surface area contributed by atoms with Gasteiger partial charge in [0.1, 0.15) is 17.3 Å². The number of rotatable bonds is 8. The summed E-state index contributed by atoms with van der Waals surface area (Å²) in [5.74, 6) is -4.12. The number of ether oxygens (including phenoxy) is 3. The molecule has 218 valence electrons. The molecule has 1 atom stereocenters. The molecule has 1 unspecified atom stereocenters. The van der Waals surface area contributed by atoms with E-state index >= 15 is 8.78 Å². The average molecular weight is 571 g/mol. The number of piperazine rings is 1. The fourth-order valence-electron chi connectivity index (χ4n) is 4.35. The highest BCUT2D eigenvalue weighted by atomic mass is 19.1. The van der Waals surface area contributed by atoms with E-state index in [-0.39, 0.29) is 54.9 Å². The zero-order valence-electron chi connectivity index (χ0n) is 23.1. The number of amides is 1. The van der Waals surface area contributed by atoms with Crippen LogP contribution in [0.5, 0.6) is 29.0 Å². The Hall–Kier alpha value is -4.81. The molecule has 0 spiro atoms. The number of nitrogens with one attached hydrogen (secondary N) is 1. The van der Waals surface area contributed by atoms with Gasteiger partial charge in [0.15, 0.2) is 11.5 Å². The van der Waals surface area contributed by atoms with Crippen molar-refractivity contribution in [2.75, 3.05) is 50.1 Å². The highest BCUT2D eigenvalue weighted by Crippen LogP contribution is 2.41. The Kier molecular flexibility index (Phi) is 8.65. The van der Waals surface area contributed by atoms with Crippen LogP contribution in [0, 0.1) is 17.0 Å². The van der Waals surface area contributed by atoms with Crippen LogP contribution >= 0.6 is 0 Å². The number of phenolic OH excluding ortho intramolecular Hbond substituents is 1. The Labute approximate surface area is 236 Å². The van der Waals surface area contributed by atoms with Crippen LogP contribution < -0.4 is 25.0 Å². The molecule has 1 aliphatic heterocycles. The number of amidine groups is 1. The van der Waals surface area contributed by atoms with Crippen molar-refractivity contribution < 1.29 is 32.9 Å². The van der Waals surface area contributed by atoms with E-state index < -0.39 is 41.2 Å². The van der Waals surface area contributed by atoms with Gasteiger partial charge in [-0.1, -0.05) is 6.07 Å². The molecule has 41 heavy (non-hydrogen) atoms. The predicted octanol–water partition coefficient (Wildman–Crippen LogP) is 4.67. The maximum Gasteiger partial charge on any atom is 0.409 e. The number of aromatic hydroxyl groups is 1. The molecule has 0 bridgehead atoms. The largest absolute Gasteiger partial charge is 0.504 e. The highest BCUT2D eigenvalue weighted by Gasteiger charge is 2.34. The lowest BCUT2D eigenvalue weighted by atomic mass is 10.1. The fraction of sp³-hybridized carbons (Fsp3) is 0.321. The van der Waals surface area contributed by atoms with Gasteiger partial charge in [-0.15, -0.1) is 0 Å². The zero-order chi connectivity index (χ0) is 29.8. The second-order valence-electron chi connectivity index (χ2n) is 9.58. The molecule has 4 N–H and O–H groups in total. The van der Waals surface area contributed by atoms with E-state index in [4.69, 9.17) is 25.4 Å². The molecule has 1 aromatic heterocycles. The number of hydrogen-bond acceptors (Lipinski definition) is 9. The number of pyridine rings is 1. The topological polar surface area (TPSA) is 137 Å². The fourth-order valence-corrected chi connectivity index (χ4v) is 4.35. The number of carbonyl (C=O) groups excluding carboxylic acids is 1. The summed E-state index contributed by atoms with van der Waals surface area (Å²) in [5, 5.41) is 18.0. The van der Waals surface area contributed by atoms with E-state index in [1.165, 1.54) is 28.0 Å². The van der Waals surface area contributed by atoms with Gasteiger partial charge in [0.2, 0.25) is 11.6 Å². The minimum atomic E-state index is -1.14. The summed E-state index contributed by atoms with van der Waals surface area (Å²) in [6, 6.07) is 10.1. The first-order valence-corrected chi connectivity index (χ1v) is 12.9. The van der Waals surface area contributed by atoms with Crippen molar-refractivity contribution in [3.8, 4) is 29.0 Å². The van der Waals surface area contributed by atoms with E-state index in [0.29, 0.717) is 0 Å². The molecule has 2 aromatic carbocycles. The maximum atomic E-state index is 16.0. The van der Waals surface area contributed by atoms with Gasteiger partial charge in [-0.05, 0) is 44.2 Å². The molecular weight excluding hydrogens is 538 g/mol. The number of phenols is 1. The van der Waals surface area contributed by atoms with Gasteiger partial charge in [-0.2, -0.15) is 13.8 Å². The van der Waals surface area contributed by atoms with Crippen molar-refractivity contribution in [2.24, 2.45) is 5.73 Å². The molecule has 13 heteroatoms. The number of nitrogens with zero attached hydrogens (tertiary/aromatic N) is 4. The molecule has 3 aromatic rings. The second kappa shape index (κ2) is 12.1. The number of anilines is 2. The summed E-state index contributed by atoms with van der Waals surface area (Å²) in [5.41, 5.74) is 6.07. The first kappa shape index (κ1) is 29.2. The van der Waals surface area contributed by atoms with E-state index in [0.717, 1.165) is 5.69 Å². The van der Waals surface area contributed by atoms with Crippen LogP contribution in [-0.4, -0.2) is 73.3 Å². The summed E-state index contributed by atoms with van der Waals surface area (Å²) in [7, 11) is 3.66. The Morgan fingerprint density at radius 3 is 2.49 bits per heavy atom. The van der Waals surface area contributed by atoms with Gasteiger partial charge in [0.05, 0.1) is 6.61 Å². The summed E-state index contributed by atoms with van der Waals surface area (Å²) in [4.78, 5) is 21.0. The quantitative estimate of drug-likeness (QED) is 0.261. The lowest BCUT2D eigenvalue weighted by molar-refractivity contribution is 0.0999. The van der Waals surface area contributed by atoms with E-state index in [9.17, 15) is 9.90 Å². The third kappa shape index (κ3) is 6.34. The molecule has 0 aliphatic carbocycles. The molecule has 1 saturated heterocycles. The number of nitrogens with two attached hydrogens (primary N) is 1. The van der Waals surface area contributed by atoms with Crippen LogP contribution in [0.25, 0.3) is 0 Å². The van der Waals surface area contributed by atoms with Crippen molar-refractivity contribution >= 4 is 23.3 Å². The number of carbonyl (C=O) groups is 1. The standard InChI is InChI=1S/C28H32F2N6O5/c1-5-39-28(38)35-11-12-36(16(2)15-35)24-22(29)26(40-19-8-6-7-18(14-19)34(3)4)33-27(23(24)30)41-21-13-17(25(31)32)9-10-20(21)37/h6-10,13-14,16,37H,5,11-12,15H2,1-4H3,(H3,31,32). The highest BCUT2D eigenvalue weighted by molar-refractivity contribution is 5.95. The van der Waals surface area contributed by atoms with Gasteiger partial charge in [-0.25, -0.2) is 4.79 Å². The molecule has 1 aliphatic rings. The number of hydrogen-bond donors (Lipinski definition) is 3. The van der Waals surface area contributed by atoms with Gasteiger partial charge in [-0.3, -0.25) is 5.41 Å². The lowest BCUT2D eigenvalue weighted by Gasteiger charge is -2.40. The number of benzene rings is 2. The monoisotopic (exact) mass is 570 g/mol. The Bertz CT molecular complexity index is 1450. The Morgan fingerprint density at radius 2 is 1.85 bits per heavy atom. The van der Waals surface area contributed by atoms with Crippen LogP contribution in [0.3, 0.4) is 0 Å². The first-order valence-electron chi connectivity index (χ1n) is 12.9. The molecule has 11 nitrogen and oxygen atoms in total. The zero-order valence-corrected chi connectivity index (χ0v) is 23.1. The smallest absolute Gasteiger partial charge is 0.409 e. The second-order valence-corrected chi connectivity index (χ2v) is 9.58. The van der Waals surface area contributed by atoms with E-state index in [2.05, 4.69) is 4.98 Å². The Balaban J connectivity index is 1.78. The van der Waals surface area contributed by atoms with Crippen molar-refractivity contribution in [1.29, 1.82) is 5.41 Å².